The van der Waals surface area contributed by atoms with Gasteiger partial charge < -0.3 is 18.6 Å². The zero-order chi connectivity index (χ0) is 22.2. The Labute approximate surface area is 182 Å². The first-order valence-electron chi connectivity index (χ1n) is 10.4. The van der Waals surface area contributed by atoms with Crippen LogP contribution >= 0.6 is 11.6 Å². The smallest absolute Gasteiger partial charge is 0.399 e. The van der Waals surface area contributed by atoms with Crippen molar-refractivity contribution in [1.29, 1.82) is 0 Å². The van der Waals surface area contributed by atoms with E-state index in [1.54, 1.807) is 0 Å². The van der Waals surface area contributed by atoms with Crippen LogP contribution in [0.5, 0.6) is 0 Å². The molecule has 4 nitrogen and oxygen atoms in total. The molecule has 0 atom stereocenters. The Kier molecular flexibility index (Phi) is 5.38. The summed E-state index contributed by atoms with van der Waals surface area (Å²) in [6.45, 7) is 22.9. The molecule has 0 unspecified atom stereocenters. The second-order valence-electron chi connectivity index (χ2n) is 11.4. The van der Waals surface area contributed by atoms with E-state index >= 15 is 0 Å². The van der Waals surface area contributed by atoms with Crippen molar-refractivity contribution in [3.05, 3.63) is 22.7 Å². The summed E-state index contributed by atoms with van der Waals surface area (Å²) in [6, 6.07) is 4.19. The maximum Gasteiger partial charge on any atom is 0.496 e. The lowest BCUT2D eigenvalue weighted by Crippen LogP contribution is -2.44. The summed E-state index contributed by atoms with van der Waals surface area (Å²) in [4.78, 5) is 0. The molecule has 2 fully saturated rings. The molecule has 0 saturated carbocycles. The van der Waals surface area contributed by atoms with Crippen LogP contribution in [0.15, 0.2) is 12.1 Å². The maximum absolute atomic E-state index is 6.94. The van der Waals surface area contributed by atoms with Gasteiger partial charge in [0, 0.05) is 15.9 Å². The minimum atomic E-state index is -0.545. The van der Waals surface area contributed by atoms with Gasteiger partial charge in [-0.05, 0) is 66.4 Å². The Hall–Kier alpha value is -0.520. The van der Waals surface area contributed by atoms with Crippen LogP contribution in [0.4, 0.5) is 0 Å². The fraction of sp³-hybridized carbons (Fsp3) is 0.727. The third-order valence-electron chi connectivity index (χ3n) is 7.01. The molecule has 29 heavy (non-hydrogen) atoms. The molecule has 0 spiro atoms. The maximum atomic E-state index is 6.94. The Balaban J connectivity index is 2.11. The van der Waals surface area contributed by atoms with Crippen LogP contribution in [0.25, 0.3) is 0 Å². The molecule has 0 bridgehead atoms. The van der Waals surface area contributed by atoms with Crippen LogP contribution in [-0.4, -0.2) is 36.6 Å². The fourth-order valence-corrected chi connectivity index (χ4v) is 3.67. The van der Waals surface area contributed by atoms with Crippen LogP contribution in [0.1, 0.15) is 81.7 Å². The third-order valence-corrected chi connectivity index (χ3v) is 7.45. The van der Waals surface area contributed by atoms with E-state index in [1.165, 1.54) is 0 Å². The van der Waals surface area contributed by atoms with Crippen LogP contribution in [-0.2, 0) is 24.0 Å². The number of rotatable bonds is 2. The van der Waals surface area contributed by atoms with Crippen LogP contribution < -0.4 is 10.9 Å². The highest BCUT2D eigenvalue weighted by molar-refractivity contribution is 6.71. The molecule has 3 rings (SSSR count). The molecule has 0 radical (unpaired) electrons. The summed E-state index contributed by atoms with van der Waals surface area (Å²) in [7, 11) is -1.09. The molecule has 2 saturated heterocycles. The molecular weight excluding hydrogens is 385 g/mol. The first kappa shape index (κ1) is 23.1. The minimum Gasteiger partial charge on any atom is -0.399 e. The molecule has 2 aliphatic heterocycles. The van der Waals surface area contributed by atoms with Gasteiger partial charge in [0.2, 0.25) is 0 Å². The van der Waals surface area contributed by atoms with Crippen LogP contribution in [0, 0.1) is 0 Å². The molecule has 2 heterocycles. The van der Waals surface area contributed by atoms with Crippen molar-refractivity contribution in [2.24, 2.45) is 0 Å². The van der Waals surface area contributed by atoms with E-state index in [2.05, 4.69) is 32.9 Å². The second kappa shape index (κ2) is 6.74. The Morgan fingerprint density at radius 2 is 0.931 bits per heavy atom. The lowest BCUT2D eigenvalue weighted by molar-refractivity contribution is 0.00578. The van der Waals surface area contributed by atoms with Gasteiger partial charge in [-0.15, -0.1) is 0 Å². The topological polar surface area (TPSA) is 36.9 Å². The van der Waals surface area contributed by atoms with Gasteiger partial charge >= 0.3 is 14.2 Å². The molecule has 1 aromatic carbocycles. The first-order chi connectivity index (χ1) is 12.9. The van der Waals surface area contributed by atoms with Crippen molar-refractivity contribution in [2.75, 3.05) is 0 Å². The van der Waals surface area contributed by atoms with Gasteiger partial charge in [-0.3, -0.25) is 0 Å². The van der Waals surface area contributed by atoms with E-state index in [4.69, 9.17) is 30.2 Å². The highest BCUT2D eigenvalue weighted by Crippen LogP contribution is 2.39. The van der Waals surface area contributed by atoms with Crippen molar-refractivity contribution >= 4 is 36.8 Å². The quantitative estimate of drug-likeness (QED) is 0.671. The van der Waals surface area contributed by atoms with E-state index < -0.39 is 36.6 Å². The Morgan fingerprint density at radius 1 is 0.655 bits per heavy atom. The van der Waals surface area contributed by atoms with Gasteiger partial charge in [-0.1, -0.05) is 44.5 Å². The standard InChI is InChI=1S/C22H35B2ClO4/c1-18(2,3)14-12-15(23-26-19(4,5)20(6,7)27-23)17(25)16(13-14)24-28-21(8,9)22(10,11)29-24/h12-13H,1-11H3. The van der Waals surface area contributed by atoms with Gasteiger partial charge in [0.05, 0.1) is 22.4 Å². The highest BCUT2D eigenvalue weighted by Gasteiger charge is 2.55. The highest BCUT2D eigenvalue weighted by atomic mass is 35.5. The lowest BCUT2D eigenvalue weighted by atomic mass is 9.68. The van der Waals surface area contributed by atoms with Crippen molar-refractivity contribution in [3.8, 4) is 0 Å². The van der Waals surface area contributed by atoms with E-state index in [-0.39, 0.29) is 5.41 Å². The molecule has 7 heteroatoms. The summed E-state index contributed by atoms with van der Waals surface area (Å²) < 4.78 is 25.2. The fourth-order valence-electron chi connectivity index (χ4n) is 3.39. The normalized spacial score (nSPS) is 25.0. The van der Waals surface area contributed by atoms with Gasteiger partial charge in [-0.2, -0.15) is 0 Å². The molecule has 2 aliphatic rings. The monoisotopic (exact) mass is 420 g/mol. The molecule has 1 aromatic rings. The van der Waals surface area contributed by atoms with Crippen LogP contribution in [0.3, 0.4) is 0 Å². The van der Waals surface area contributed by atoms with Gasteiger partial charge in [0.25, 0.3) is 0 Å². The second-order valence-corrected chi connectivity index (χ2v) is 11.8. The minimum absolute atomic E-state index is 0.0820. The molecule has 0 N–H and O–H groups in total. The average Bonchev–Trinajstić information content (AvgIpc) is 2.85. The number of hydrogen-bond acceptors (Lipinski definition) is 4. The van der Waals surface area contributed by atoms with Crippen molar-refractivity contribution in [3.63, 3.8) is 0 Å². The summed E-state index contributed by atoms with van der Waals surface area (Å²) in [6.07, 6.45) is 0. The van der Waals surface area contributed by atoms with Gasteiger partial charge in [0.15, 0.2) is 0 Å². The van der Waals surface area contributed by atoms with Gasteiger partial charge in [-0.25, -0.2) is 0 Å². The Bertz CT molecular complexity index is 723. The predicted molar refractivity (Wildman–Crippen MR) is 122 cm³/mol. The zero-order valence-corrected chi connectivity index (χ0v) is 20.6. The van der Waals surface area contributed by atoms with Crippen LogP contribution in [0.2, 0.25) is 5.02 Å². The van der Waals surface area contributed by atoms with Crippen molar-refractivity contribution in [2.45, 2.75) is 104 Å². The van der Waals surface area contributed by atoms with E-state index in [1.807, 2.05) is 55.4 Å². The number of hydrogen-bond donors (Lipinski definition) is 0. The summed E-state index contributed by atoms with van der Waals surface area (Å²) in [5, 5.41) is 0.579. The molecule has 160 valence electrons. The molecular formula is C22H35B2ClO4. The molecule has 0 amide bonds. The van der Waals surface area contributed by atoms with E-state index in [0.717, 1.165) is 16.5 Å². The average molecular weight is 421 g/mol. The number of halogens is 1. The summed E-state index contributed by atoms with van der Waals surface area (Å²) in [5.41, 5.74) is 0.932. The molecule has 0 aromatic heterocycles. The van der Waals surface area contributed by atoms with Crippen molar-refractivity contribution < 1.29 is 18.6 Å². The lowest BCUT2D eigenvalue weighted by Gasteiger charge is -2.32. The zero-order valence-electron chi connectivity index (χ0n) is 19.8. The molecule has 0 aliphatic carbocycles. The summed E-state index contributed by atoms with van der Waals surface area (Å²) in [5.74, 6) is 0. The number of benzene rings is 1. The predicted octanol–water partition coefficient (Wildman–Crippen LogP) is 4.24. The van der Waals surface area contributed by atoms with Gasteiger partial charge in [0.1, 0.15) is 0 Å². The first-order valence-corrected chi connectivity index (χ1v) is 10.8. The Morgan fingerprint density at radius 3 is 1.17 bits per heavy atom. The van der Waals surface area contributed by atoms with E-state index in [9.17, 15) is 0 Å². The third kappa shape index (κ3) is 3.92. The SMILES string of the molecule is CC(C)(C)c1cc(B2OC(C)(C)C(C)(C)O2)c(Cl)c(B2OC(C)(C)C(C)(C)O2)c1. The van der Waals surface area contributed by atoms with Crippen molar-refractivity contribution in [1.82, 2.24) is 0 Å². The largest absolute Gasteiger partial charge is 0.496 e. The summed E-state index contributed by atoms with van der Waals surface area (Å²) >= 11 is 6.94. The van der Waals surface area contributed by atoms with E-state index in [0.29, 0.717) is 5.02 Å².